The zero-order valence-electron chi connectivity index (χ0n) is 9.65. The van der Waals surface area contributed by atoms with E-state index in [4.69, 9.17) is 0 Å². The van der Waals surface area contributed by atoms with Crippen molar-refractivity contribution in [2.75, 3.05) is 11.9 Å². The molecule has 0 bridgehead atoms. The molecule has 88 valence electrons. The van der Waals surface area contributed by atoms with Crippen LogP contribution in [-0.2, 0) is 6.42 Å². The maximum Gasteiger partial charge on any atom is 0.126 e. The molecule has 2 aromatic rings. The molecule has 0 amide bonds. The van der Waals surface area contributed by atoms with Gasteiger partial charge in [-0.15, -0.1) is 0 Å². The van der Waals surface area contributed by atoms with E-state index in [1.54, 1.807) is 6.20 Å². The number of nitrogens with zero attached hydrogens (tertiary/aromatic N) is 2. The van der Waals surface area contributed by atoms with E-state index in [0.29, 0.717) is 0 Å². The minimum atomic E-state index is 0.861. The molecule has 4 heteroatoms. The number of aromatic nitrogens is 2. The Kier molecular flexibility index (Phi) is 4.09. The molecule has 0 aliphatic heterocycles. The molecule has 0 unspecified atom stereocenters. The molecule has 2 rings (SSSR count). The Bertz CT molecular complexity index is 485. The van der Waals surface area contributed by atoms with Crippen LogP contribution in [0, 0.1) is 6.92 Å². The summed E-state index contributed by atoms with van der Waals surface area (Å²) in [5, 5.41) is 3.30. The van der Waals surface area contributed by atoms with Crippen molar-refractivity contribution in [2.45, 2.75) is 13.3 Å². The highest BCUT2D eigenvalue weighted by Crippen LogP contribution is 2.16. The number of hydrogen-bond acceptors (Lipinski definition) is 3. The molecule has 0 atom stereocenters. The molecule has 0 radical (unpaired) electrons. The van der Waals surface area contributed by atoms with Gasteiger partial charge in [0.1, 0.15) is 5.82 Å². The van der Waals surface area contributed by atoms with Crippen LogP contribution in [-0.4, -0.2) is 16.5 Å². The van der Waals surface area contributed by atoms with Gasteiger partial charge in [0, 0.05) is 23.4 Å². The van der Waals surface area contributed by atoms with Gasteiger partial charge >= 0.3 is 0 Å². The van der Waals surface area contributed by atoms with Gasteiger partial charge in [-0.1, -0.05) is 6.07 Å². The number of halogens is 1. The molecule has 0 saturated heterocycles. The van der Waals surface area contributed by atoms with Gasteiger partial charge in [0.15, 0.2) is 0 Å². The van der Waals surface area contributed by atoms with Crippen LogP contribution in [0.5, 0.6) is 0 Å². The lowest BCUT2D eigenvalue weighted by atomic mass is 10.2. The van der Waals surface area contributed by atoms with E-state index in [0.717, 1.165) is 29.0 Å². The second-order valence-electron chi connectivity index (χ2n) is 3.80. The predicted molar refractivity (Wildman–Crippen MR) is 73.1 cm³/mol. The summed E-state index contributed by atoms with van der Waals surface area (Å²) < 4.78 is 1.04. The largest absolute Gasteiger partial charge is 0.370 e. The molecular formula is C13H14BrN3. The number of aryl methyl sites for hydroxylation is 1. The summed E-state index contributed by atoms with van der Waals surface area (Å²) in [5.41, 5.74) is 2.23. The molecule has 0 aliphatic rings. The van der Waals surface area contributed by atoms with Crippen molar-refractivity contribution in [1.82, 2.24) is 9.97 Å². The zero-order valence-corrected chi connectivity index (χ0v) is 11.2. The number of hydrogen-bond donors (Lipinski definition) is 1. The topological polar surface area (TPSA) is 37.8 Å². The van der Waals surface area contributed by atoms with Crippen LogP contribution < -0.4 is 5.32 Å². The molecule has 0 spiro atoms. The summed E-state index contributed by atoms with van der Waals surface area (Å²) in [5.74, 6) is 0.912. The van der Waals surface area contributed by atoms with E-state index in [9.17, 15) is 0 Å². The van der Waals surface area contributed by atoms with Crippen LogP contribution in [0.3, 0.4) is 0 Å². The monoisotopic (exact) mass is 291 g/mol. The Labute approximate surface area is 109 Å². The summed E-state index contributed by atoms with van der Waals surface area (Å²) >= 11 is 3.44. The maximum absolute atomic E-state index is 4.43. The average Bonchev–Trinajstić information content (AvgIpc) is 2.35. The lowest BCUT2D eigenvalue weighted by Crippen LogP contribution is -2.06. The third-order valence-electron chi connectivity index (χ3n) is 2.46. The first-order valence-corrected chi connectivity index (χ1v) is 6.31. The molecule has 0 fully saturated rings. The number of pyridine rings is 2. The van der Waals surface area contributed by atoms with Crippen molar-refractivity contribution in [3.63, 3.8) is 0 Å². The third-order valence-corrected chi connectivity index (χ3v) is 3.30. The molecule has 0 saturated carbocycles. The summed E-state index contributed by atoms with van der Waals surface area (Å²) in [6.07, 6.45) is 4.63. The molecule has 0 aromatic carbocycles. The lowest BCUT2D eigenvalue weighted by molar-refractivity contribution is 0.988. The van der Waals surface area contributed by atoms with Crippen molar-refractivity contribution < 1.29 is 0 Å². The molecular weight excluding hydrogens is 278 g/mol. The van der Waals surface area contributed by atoms with E-state index < -0.39 is 0 Å². The Morgan fingerprint density at radius 2 is 2.18 bits per heavy atom. The number of nitrogens with one attached hydrogen (secondary N) is 1. The predicted octanol–water partition coefficient (Wildman–Crippen LogP) is 3.20. The van der Waals surface area contributed by atoms with Gasteiger partial charge in [0.05, 0.1) is 5.69 Å². The van der Waals surface area contributed by atoms with E-state index in [2.05, 4.69) is 37.3 Å². The minimum absolute atomic E-state index is 0.861. The standard InChI is InChI=1S/C13H14BrN3/c1-10-12(14)4-5-13(17-10)16-8-6-11-3-2-7-15-9-11/h2-5,7,9H,6,8H2,1H3,(H,16,17). The molecule has 2 aromatic heterocycles. The van der Waals surface area contributed by atoms with Crippen molar-refractivity contribution in [1.29, 1.82) is 0 Å². The van der Waals surface area contributed by atoms with Crippen LogP contribution in [0.15, 0.2) is 41.1 Å². The van der Waals surface area contributed by atoms with E-state index >= 15 is 0 Å². The molecule has 2 heterocycles. The summed E-state index contributed by atoms with van der Waals surface area (Å²) in [4.78, 5) is 8.52. The maximum atomic E-state index is 4.43. The van der Waals surface area contributed by atoms with Gasteiger partial charge in [0.25, 0.3) is 0 Å². The van der Waals surface area contributed by atoms with Gasteiger partial charge in [-0.3, -0.25) is 4.98 Å². The number of rotatable bonds is 4. The van der Waals surface area contributed by atoms with Crippen molar-refractivity contribution in [3.05, 3.63) is 52.4 Å². The van der Waals surface area contributed by atoms with Gasteiger partial charge in [0.2, 0.25) is 0 Å². The third kappa shape index (κ3) is 3.53. The van der Waals surface area contributed by atoms with E-state index in [1.165, 1.54) is 5.56 Å². The summed E-state index contributed by atoms with van der Waals surface area (Å²) in [6.45, 7) is 2.84. The smallest absolute Gasteiger partial charge is 0.126 e. The zero-order chi connectivity index (χ0) is 12.1. The van der Waals surface area contributed by atoms with Crippen molar-refractivity contribution >= 4 is 21.7 Å². The minimum Gasteiger partial charge on any atom is -0.370 e. The first-order chi connectivity index (χ1) is 8.25. The quantitative estimate of drug-likeness (QED) is 0.940. The van der Waals surface area contributed by atoms with E-state index in [-0.39, 0.29) is 0 Å². The van der Waals surface area contributed by atoms with Crippen LogP contribution in [0.4, 0.5) is 5.82 Å². The summed E-state index contributed by atoms with van der Waals surface area (Å²) in [6, 6.07) is 8.02. The van der Waals surface area contributed by atoms with Crippen molar-refractivity contribution in [2.24, 2.45) is 0 Å². The Morgan fingerprint density at radius 3 is 2.88 bits per heavy atom. The fourth-order valence-corrected chi connectivity index (χ4v) is 1.74. The Balaban J connectivity index is 1.88. The van der Waals surface area contributed by atoms with Gasteiger partial charge in [-0.05, 0) is 53.0 Å². The highest BCUT2D eigenvalue weighted by Gasteiger charge is 1.98. The fraction of sp³-hybridized carbons (Fsp3) is 0.231. The highest BCUT2D eigenvalue weighted by atomic mass is 79.9. The van der Waals surface area contributed by atoms with Crippen LogP contribution in [0.25, 0.3) is 0 Å². The van der Waals surface area contributed by atoms with Gasteiger partial charge < -0.3 is 5.32 Å². The first kappa shape index (κ1) is 12.0. The lowest BCUT2D eigenvalue weighted by Gasteiger charge is -2.06. The number of anilines is 1. The van der Waals surface area contributed by atoms with Crippen LogP contribution in [0.2, 0.25) is 0 Å². The SMILES string of the molecule is Cc1nc(NCCc2cccnc2)ccc1Br. The van der Waals surface area contributed by atoms with Crippen LogP contribution in [0.1, 0.15) is 11.3 Å². The van der Waals surface area contributed by atoms with Crippen LogP contribution >= 0.6 is 15.9 Å². The second kappa shape index (κ2) is 5.77. The first-order valence-electron chi connectivity index (χ1n) is 5.51. The Hall–Kier alpha value is -1.42. The second-order valence-corrected chi connectivity index (χ2v) is 4.66. The Morgan fingerprint density at radius 1 is 1.29 bits per heavy atom. The molecule has 0 aliphatic carbocycles. The van der Waals surface area contributed by atoms with Crippen molar-refractivity contribution in [3.8, 4) is 0 Å². The molecule has 1 N–H and O–H groups in total. The average molecular weight is 292 g/mol. The molecule has 3 nitrogen and oxygen atoms in total. The fourth-order valence-electron chi connectivity index (χ4n) is 1.52. The molecule has 17 heavy (non-hydrogen) atoms. The summed E-state index contributed by atoms with van der Waals surface area (Å²) in [7, 11) is 0. The highest BCUT2D eigenvalue weighted by molar-refractivity contribution is 9.10. The van der Waals surface area contributed by atoms with E-state index in [1.807, 2.05) is 31.3 Å². The van der Waals surface area contributed by atoms with Gasteiger partial charge in [-0.2, -0.15) is 0 Å². The normalized spacial score (nSPS) is 10.2. The van der Waals surface area contributed by atoms with Gasteiger partial charge in [-0.25, -0.2) is 4.98 Å².